The van der Waals surface area contributed by atoms with Crippen LogP contribution in [-0.2, 0) is 10.0 Å². The predicted molar refractivity (Wildman–Crippen MR) is 75.5 cm³/mol. The van der Waals surface area contributed by atoms with Gasteiger partial charge in [0.1, 0.15) is 0 Å². The highest BCUT2D eigenvalue weighted by Gasteiger charge is 2.25. The van der Waals surface area contributed by atoms with Crippen LogP contribution in [0.25, 0.3) is 0 Å². The Bertz CT molecular complexity index is 564. The first-order chi connectivity index (χ1) is 8.38. The van der Waals surface area contributed by atoms with Crippen LogP contribution in [0.15, 0.2) is 33.6 Å². The van der Waals surface area contributed by atoms with Crippen molar-refractivity contribution in [1.29, 1.82) is 0 Å². The first kappa shape index (κ1) is 13.4. The number of aryl methyl sites for hydroxylation is 1. The summed E-state index contributed by atoms with van der Waals surface area (Å²) in [6, 6.07) is 6.75. The lowest BCUT2D eigenvalue weighted by Gasteiger charge is -2.09. The third kappa shape index (κ3) is 2.87. The van der Waals surface area contributed by atoms with Crippen molar-refractivity contribution in [1.82, 2.24) is 4.90 Å². The SMILES string of the molecule is Cc1ccc(S(=O)(=O)N=C2SC(C)CN2C)cc1. The second-order valence-corrected chi connectivity index (χ2v) is 7.48. The minimum atomic E-state index is -3.59. The van der Waals surface area contributed by atoms with E-state index in [0.29, 0.717) is 10.4 Å². The van der Waals surface area contributed by atoms with Crippen molar-refractivity contribution < 1.29 is 8.42 Å². The highest BCUT2D eigenvalue weighted by Crippen LogP contribution is 2.26. The monoisotopic (exact) mass is 284 g/mol. The van der Waals surface area contributed by atoms with Gasteiger partial charge in [-0.3, -0.25) is 0 Å². The maximum atomic E-state index is 12.1. The lowest BCUT2D eigenvalue weighted by molar-refractivity contribution is 0.532. The van der Waals surface area contributed by atoms with Gasteiger partial charge in [0.05, 0.1) is 4.90 Å². The van der Waals surface area contributed by atoms with Gasteiger partial charge in [-0.25, -0.2) is 0 Å². The molecule has 2 rings (SSSR count). The van der Waals surface area contributed by atoms with Gasteiger partial charge < -0.3 is 4.90 Å². The number of thioether (sulfide) groups is 1. The Hall–Kier alpha value is -1.01. The van der Waals surface area contributed by atoms with Gasteiger partial charge in [-0.1, -0.05) is 36.4 Å². The van der Waals surface area contributed by atoms with Crippen molar-refractivity contribution in [3.05, 3.63) is 29.8 Å². The van der Waals surface area contributed by atoms with E-state index in [1.807, 2.05) is 18.9 Å². The lowest BCUT2D eigenvalue weighted by atomic mass is 10.2. The molecule has 1 aliphatic heterocycles. The molecule has 0 amide bonds. The number of sulfonamides is 1. The maximum absolute atomic E-state index is 12.1. The smallest absolute Gasteiger partial charge is 0.284 e. The second kappa shape index (κ2) is 4.93. The molecule has 1 atom stereocenters. The van der Waals surface area contributed by atoms with E-state index in [9.17, 15) is 8.42 Å². The first-order valence-electron chi connectivity index (χ1n) is 5.68. The summed E-state index contributed by atoms with van der Waals surface area (Å²) in [4.78, 5) is 2.12. The van der Waals surface area contributed by atoms with E-state index in [0.717, 1.165) is 12.1 Å². The summed E-state index contributed by atoms with van der Waals surface area (Å²) in [5.74, 6) is 0. The summed E-state index contributed by atoms with van der Waals surface area (Å²) >= 11 is 1.50. The zero-order valence-corrected chi connectivity index (χ0v) is 12.3. The zero-order valence-electron chi connectivity index (χ0n) is 10.6. The molecule has 0 aromatic heterocycles. The van der Waals surface area contributed by atoms with Crippen LogP contribution < -0.4 is 0 Å². The van der Waals surface area contributed by atoms with Crippen LogP contribution in [0.2, 0.25) is 0 Å². The van der Waals surface area contributed by atoms with Crippen molar-refractivity contribution in [2.75, 3.05) is 13.6 Å². The predicted octanol–water partition coefficient (Wildman–Crippen LogP) is 2.11. The topological polar surface area (TPSA) is 49.7 Å². The van der Waals surface area contributed by atoms with Gasteiger partial charge in [-0.2, -0.15) is 8.42 Å². The van der Waals surface area contributed by atoms with Crippen LogP contribution in [0, 0.1) is 6.92 Å². The molecule has 18 heavy (non-hydrogen) atoms. The Balaban J connectivity index is 2.33. The fourth-order valence-corrected chi connectivity index (χ4v) is 4.04. The van der Waals surface area contributed by atoms with Gasteiger partial charge in [0.25, 0.3) is 10.0 Å². The van der Waals surface area contributed by atoms with Crippen LogP contribution in [0.4, 0.5) is 0 Å². The van der Waals surface area contributed by atoms with E-state index in [1.54, 1.807) is 24.3 Å². The maximum Gasteiger partial charge on any atom is 0.284 e. The molecule has 98 valence electrons. The number of hydrogen-bond acceptors (Lipinski definition) is 3. The highest BCUT2D eigenvalue weighted by atomic mass is 32.2. The molecular formula is C12H16N2O2S2. The number of hydrogen-bond donors (Lipinski definition) is 0. The van der Waals surface area contributed by atoms with E-state index in [2.05, 4.69) is 11.3 Å². The Labute approximate surface area is 112 Å². The molecule has 1 unspecified atom stereocenters. The van der Waals surface area contributed by atoms with Crippen LogP contribution in [-0.4, -0.2) is 37.3 Å². The summed E-state index contributed by atoms with van der Waals surface area (Å²) in [5.41, 5.74) is 1.03. The molecule has 0 N–H and O–H groups in total. The molecule has 6 heteroatoms. The molecule has 1 aromatic rings. The quantitative estimate of drug-likeness (QED) is 0.834. The van der Waals surface area contributed by atoms with E-state index in [1.165, 1.54) is 11.8 Å². The molecule has 0 bridgehead atoms. The zero-order chi connectivity index (χ0) is 13.3. The van der Waals surface area contributed by atoms with Crippen LogP contribution in [0.1, 0.15) is 12.5 Å². The Morgan fingerprint density at radius 2 is 1.94 bits per heavy atom. The van der Waals surface area contributed by atoms with Crippen molar-refractivity contribution in [3.8, 4) is 0 Å². The molecule has 0 spiro atoms. The van der Waals surface area contributed by atoms with E-state index in [4.69, 9.17) is 0 Å². The summed E-state index contributed by atoms with van der Waals surface area (Å²) < 4.78 is 28.2. The van der Waals surface area contributed by atoms with E-state index in [-0.39, 0.29) is 4.90 Å². The van der Waals surface area contributed by atoms with E-state index < -0.39 is 10.0 Å². The summed E-state index contributed by atoms with van der Waals surface area (Å²) in [5, 5.41) is 0.949. The summed E-state index contributed by atoms with van der Waals surface area (Å²) in [7, 11) is -1.73. The largest absolute Gasteiger partial charge is 0.353 e. The average Bonchev–Trinajstić information content (AvgIpc) is 2.57. The van der Waals surface area contributed by atoms with Gasteiger partial charge in [0, 0.05) is 18.8 Å². The molecule has 4 nitrogen and oxygen atoms in total. The minimum Gasteiger partial charge on any atom is -0.353 e. The van der Waals surface area contributed by atoms with Gasteiger partial charge in [-0.05, 0) is 19.1 Å². The Morgan fingerprint density at radius 3 is 2.44 bits per heavy atom. The first-order valence-corrected chi connectivity index (χ1v) is 8.00. The number of rotatable bonds is 2. The molecule has 0 radical (unpaired) electrons. The van der Waals surface area contributed by atoms with Gasteiger partial charge in [-0.15, -0.1) is 4.40 Å². The number of amidine groups is 1. The van der Waals surface area contributed by atoms with Crippen LogP contribution >= 0.6 is 11.8 Å². The third-order valence-corrected chi connectivity index (χ3v) is 5.24. The Kier molecular flexibility index (Phi) is 3.68. The van der Waals surface area contributed by atoms with Gasteiger partial charge in [0.2, 0.25) is 0 Å². The minimum absolute atomic E-state index is 0.245. The highest BCUT2D eigenvalue weighted by molar-refractivity contribution is 8.15. The molecule has 1 aromatic carbocycles. The average molecular weight is 284 g/mol. The van der Waals surface area contributed by atoms with Crippen molar-refractivity contribution in [2.45, 2.75) is 24.0 Å². The molecule has 1 aliphatic rings. The fraction of sp³-hybridized carbons (Fsp3) is 0.417. The number of benzene rings is 1. The molecule has 1 heterocycles. The number of nitrogens with zero attached hydrogens (tertiary/aromatic N) is 2. The van der Waals surface area contributed by atoms with Crippen LogP contribution in [0.3, 0.4) is 0 Å². The molecule has 0 aliphatic carbocycles. The normalized spacial score (nSPS) is 22.7. The molecule has 0 saturated carbocycles. The standard InChI is InChI=1S/C12H16N2O2S2/c1-9-4-6-11(7-5-9)18(15,16)13-12-14(3)8-10(2)17-12/h4-7,10H,8H2,1-3H3. The van der Waals surface area contributed by atoms with Crippen molar-refractivity contribution in [2.24, 2.45) is 4.40 Å². The summed E-state index contributed by atoms with van der Waals surface area (Å²) in [6.45, 7) is 4.81. The summed E-state index contributed by atoms with van der Waals surface area (Å²) in [6.07, 6.45) is 0. The molecule has 1 fully saturated rings. The molecular weight excluding hydrogens is 268 g/mol. The van der Waals surface area contributed by atoms with Gasteiger partial charge in [0.15, 0.2) is 5.17 Å². The second-order valence-electron chi connectivity index (χ2n) is 4.47. The lowest BCUT2D eigenvalue weighted by Crippen LogP contribution is -2.20. The van der Waals surface area contributed by atoms with E-state index >= 15 is 0 Å². The fourth-order valence-electron chi connectivity index (χ4n) is 1.73. The molecule has 1 saturated heterocycles. The van der Waals surface area contributed by atoms with Crippen LogP contribution in [0.5, 0.6) is 0 Å². The van der Waals surface area contributed by atoms with Crippen molar-refractivity contribution in [3.63, 3.8) is 0 Å². The van der Waals surface area contributed by atoms with Crippen molar-refractivity contribution >= 4 is 27.0 Å². The van der Waals surface area contributed by atoms with Gasteiger partial charge >= 0.3 is 0 Å². The third-order valence-electron chi connectivity index (χ3n) is 2.68. The Morgan fingerprint density at radius 1 is 1.33 bits per heavy atom.